The van der Waals surface area contributed by atoms with Gasteiger partial charge in [0.1, 0.15) is 5.60 Å². The van der Waals surface area contributed by atoms with Crippen molar-refractivity contribution < 1.29 is 77.8 Å². The maximum absolute atomic E-state index is 12.7. The summed E-state index contributed by atoms with van der Waals surface area (Å²) in [5, 5.41) is 0. The molecular weight excluding hydrogens is 271 g/mol. The number of hydrogen-bond donors (Lipinski definition) is 0. The maximum atomic E-state index is 12.7. The summed E-state index contributed by atoms with van der Waals surface area (Å²) in [4.78, 5) is 0.986. The van der Waals surface area contributed by atoms with Crippen LogP contribution in [0.15, 0.2) is 0 Å². The fraction of sp³-hybridized carbons (Fsp3) is 1.00. The molecule has 0 aliphatic carbocycles. The number of rotatable bonds is 3. The van der Waals surface area contributed by atoms with Crippen LogP contribution in [-0.2, 0) is 4.74 Å². The van der Waals surface area contributed by atoms with Crippen LogP contribution in [0.25, 0.3) is 0 Å². The van der Waals surface area contributed by atoms with Gasteiger partial charge in [-0.05, 0) is 20.3 Å². The molecule has 1 rings (SSSR count). The van der Waals surface area contributed by atoms with Gasteiger partial charge in [0.05, 0.1) is 6.10 Å². The molecule has 9 heteroatoms. The van der Waals surface area contributed by atoms with E-state index in [-0.39, 0.29) is 57.9 Å². The Morgan fingerprint density at radius 3 is 2.35 bits per heavy atom. The van der Waals surface area contributed by atoms with Gasteiger partial charge in [0.15, 0.2) is 0 Å². The third-order valence-corrected chi connectivity index (χ3v) is 2.45. The molecule has 1 aliphatic rings. The van der Waals surface area contributed by atoms with Crippen molar-refractivity contribution in [2.24, 2.45) is 0 Å². The van der Waals surface area contributed by atoms with Crippen molar-refractivity contribution in [1.29, 1.82) is 0 Å². The smallest absolute Gasteiger partial charge is 0.448 e. The summed E-state index contributed by atoms with van der Waals surface area (Å²) in [5.74, 6) is 0. The second kappa shape index (κ2) is 6.63. The monoisotopic (exact) mass is 285 g/mol. The zero-order chi connectivity index (χ0) is 12.6. The van der Waals surface area contributed by atoms with Crippen molar-refractivity contribution in [2.75, 3.05) is 19.5 Å². The van der Waals surface area contributed by atoms with Gasteiger partial charge in [-0.1, -0.05) is 0 Å². The first-order chi connectivity index (χ1) is 7.12. The van der Waals surface area contributed by atoms with Crippen molar-refractivity contribution in [3.8, 4) is 0 Å². The third kappa shape index (κ3) is 5.84. The van der Waals surface area contributed by atoms with Gasteiger partial charge in [0.2, 0.25) is 0 Å². The molecule has 0 saturated carbocycles. The Bertz CT molecular complexity index is 255. The molecule has 0 bridgehead atoms. The molecule has 17 heavy (non-hydrogen) atoms. The summed E-state index contributed by atoms with van der Waals surface area (Å²) in [7, 11) is 0. The van der Waals surface area contributed by atoms with E-state index in [0.29, 0.717) is 0 Å². The minimum absolute atomic E-state index is 0. The van der Waals surface area contributed by atoms with Crippen LogP contribution in [0.4, 0.5) is 21.7 Å². The zero-order valence-electron chi connectivity index (χ0n) is 10.1. The molecule has 96 valence electrons. The van der Waals surface area contributed by atoms with Gasteiger partial charge < -0.3 is 22.6 Å². The molecule has 1 heterocycles. The third-order valence-electron chi connectivity index (χ3n) is 2.45. The normalized spacial score (nSPS) is 31.4. The molecule has 2 nitrogen and oxygen atoms in total. The first kappa shape index (κ1) is 18.3. The van der Waals surface area contributed by atoms with Gasteiger partial charge >= 0.3 is 58.4 Å². The van der Waals surface area contributed by atoms with E-state index in [4.69, 9.17) is 4.74 Å². The Labute approximate surface area is 140 Å². The molecule has 2 atom stereocenters. The maximum Gasteiger partial charge on any atom is 1.00 e. The summed E-state index contributed by atoms with van der Waals surface area (Å²) in [6.45, 7) is -2.71. The van der Waals surface area contributed by atoms with Crippen LogP contribution < -0.4 is 51.4 Å². The second-order valence-electron chi connectivity index (χ2n) is 4.45. The van der Waals surface area contributed by atoms with E-state index in [1.54, 1.807) is 0 Å². The first-order valence-corrected chi connectivity index (χ1v) is 5.02. The van der Waals surface area contributed by atoms with E-state index in [1.807, 2.05) is 0 Å². The number of ether oxygens (including phenoxy) is 1. The summed E-state index contributed by atoms with van der Waals surface area (Å²) >= 11 is 0. The molecule has 0 spiro atoms. The summed E-state index contributed by atoms with van der Waals surface area (Å²) in [6.07, 6.45) is -4.53. The van der Waals surface area contributed by atoms with E-state index >= 15 is 0 Å². The Morgan fingerprint density at radius 1 is 1.41 bits per heavy atom. The number of alkyl halides is 2. The Morgan fingerprint density at radius 2 is 1.94 bits per heavy atom. The van der Waals surface area contributed by atoms with Crippen LogP contribution in [0.1, 0.15) is 13.8 Å². The van der Waals surface area contributed by atoms with Gasteiger partial charge in [0.25, 0.3) is 6.43 Å². The molecule has 0 aromatic rings. The van der Waals surface area contributed by atoms with Crippen molar-refractivity contribution >= 4 is 6.98 Å². The number of nitrogens with zero attached hydrogens (tertiary/aromatic N) is 1. The molecular formula is C8H14BF5KNO. The predicted octanol–water partition coefficient (Wildman–Crippen LogP) is -0.878. The van der Waals surface area contributed by atoms with E-state index in [9.17, 15) is 21.7 Å². The minimum atomic E-state index is -4.99. The molecule has 2 unspecified atom stereocenters. The number of morpholine rings is 1. The standard InChI is InChI=1S/C8H14BF5NO.K/c1-6-3-15(5-9(12,13)14)4-8(2,16-6)7(10)11;/h6-7H,3-5H2,1-2H3;/q-1;+1. The van der Waals surface area contributed by atoms with Crippen LogP contribution in [0.3, 0.4) is 0 Å². The number of halogens is 5. The molecule has 0 aromatic carbocycles. The van der Waals surface area contributed by atoms with Gasteiger partial charge in [-0.15, -0.1) is 0 Å². The summed E-state index contributed by atoms with van der Waals surface area (Å²) in [5.41, 5.74) is -1.81. The van der Waals surface area contributed by atoms with Crippen LogP contribution in [0.2, 0.25) is 0 Å². The molecule has 0 amide bonds. The van der Waals surface area contributed by atoms with Crippen LogP contribution in [0.5, 0.6) is 0 Å². The largest absolute Gasteiger partial charge is 1.00 e. The molecule has 1 fully saturated rings. The van der Waals surface area contributed by atoms with Crippen molar-refractivity contribution in [1.82, 2.24) is 4.90 Å². The van der Waals surface area contributed by atoms with Crippen molar-refractivity contribution in [3.63, 3.8) is 0 Å². The van der Waals surface area contributed by atoms with Gasteiger partial charge in [0, 0.05) is 13.1 Å². The van der Waals surface area contributed by atoms with Gasteiger partial charge in [-0.2, -0.15) is 0 Å². The van der Waals surface area contributed by atoms with Gasteiger partial charge in [-0.25, -0.2) is 8.78 Å². The van der Waals surface area contributed by atoms with Gasteiger partial charge in [-0.3, -0.25) is 0 Å². The molecule has 1 aliphatic heterocycles. The van der Waals surface area contributed by atoms with Crippen molar-refractivity contribution in [2.45, 2.75) is 32.0 Å². The van der Waals surface area contributed by atoms with Crippen molar-refractivity contribution in [3.05, 3.63) is 0 Å². The molecule has 0 radical (unpaired) electrons. The van der Waals surface area contributed by atoms with Crippen LogP contribution in [-0.4, -0.2) is 49.5 Å². The summed E-state index contributed by atoms with van der Waals surface area (Å²) in [6, 6.07) is 0. The van der Waals surface area contributed by atoms with E-state index in [0.717, 1.165) is 11.8 Å². The molecule has 0 aromatic heterocycles. The average Bonchev–Trinajstić information content (AvgIpc) is 1.97. The summed E-state index contributed by atoms with van der Waals surface area (Å²) < 4.78 is 67.0. The average molecular weight is 285 g/mol. The predicted molar refractivity (Wildman–Crippen MR) is 50.5 cm³/mol. The quantitative estimate of drug-likeness (QED) is 0.493. The Balaban J connectivity index is 0.00000256. The number of hydrogen-bond acceptors (Lipinski definition) is 2. The Hall–Kier alpha value is 1.27. The van der Waals surface area contributed by atoms with E-state index in [1.165, 1.54) is 6.92 Å². The minimum Gasteiger partial charge on any atom is -0.448 e. The van der Waals surface area contributed by atoms with E-state index < -0.39 is 38.1 Å². The zero-order valence-corrected chi connectivity index (χ0v) is 13.2. The molecule has 1 saturated heterocycles. The SMILES string of the molecule is CC1CN(C[B-](F)(F)F)CC(C)(C(F)F)O1.[K+]. The second-order valence-corrected chi connectivity index (χ2v) is 4.45. The fourth-order valence-corrected chi connectivity index (χ4v) is 1.96. The Kier molecular flexibility index (Phi) is 7.12. The van der Waals surface area contributed by atoms with Crippen LogP contribution >= 0.6 is 0 Å². The van der Waals surface area contributed by atoms with E-state index in [2.05, 4.69) is 0 Å². The first-order valence-electron chi connectivity index (χ1n) is 5.02. The van der Waals surface area contributed by atoms with Crippen LogP contribution in [0, 0.1) is 0 Å². The topological polar surface area (TPSA) is 12.5 Å². The fourth-order valence-electron chi connectivity index (χ4n) is 1.96. The molecule has 0 N–H and O–H groups in total.